The summed E-state index contributed by atoms with van der Waals surface area (Å²) < 4.78 is 0. The third kappa shape index (κ3) is 3.89. The van der Waals surface area contributed by atoms with E-state index in [2.05, 4.69) is 0 Å². The molecule has 0 radical (unpaired) electrons. The minimum Gasteiger partial charge on any atom is -0.507 e. The first kappa shape index (κ1) is 19.1. The Balaban J connectivity index is 2.13. The molecule has 0 aliphatic carbocycles. The van der Waals surface area contributed by atoms with Crippen molar-refractivity contribution < 1.29 is 14.7 Å². The molecule has 0 spiro atoms. The molecule has 1 aliphatic heterocycles. The van der Waals surface area contributed by atoms with Crippen molar-refractivity contribution in [2.24, 2.45) is 0 Å². The average molecular weight is 385 g/mol. The minimum atomic E-state index is -0.671. The third-order valence-electron chi connectivity index (χ3n) is 4.56. The predicted molar refractivity (Wildman–Crippen MR) is 105 cm³/mol. The van der Waals surface area contributed by atoms with Crippen LogP contribution in [0.3, 0.4) is 0 Å². The molecule has 3 rings (SSSR count). The molecule has 6 heteroatoms. The van der Waals surface area contributed by atoms with Crippen molar-refractivity contribution in [3.63, 3.8) is 0 Å². The van der Waals surface area contributed by atoms with Crippen LogP contribution in [-0.4, -0.2) is 53.8 Å². The fourth-order valence-corrected chi connectivity index (χ4v) is 3.29. The molecular weight excluding hydrogens is 364 g/mol. The van der Waals surface area contributed by atoms with Crippen molar-refractivity contribution in [3.05, 3.63) is 76.3 Å². The van der Waals surface area contributed by atoms with Crippen molar-refractivity contribution >= 4 is 29.1 Å². The maximum Gasteiger partial charge on any atom is 0.295 e. The fraction of sp³-hybridized carbons (Fsp3) is 0.238. The van der Waals surface area contributed by atoms with Crippen LogP contribution in [0.1, 0.15) is 17.2 Å². The van der Waals surface area contributed by atoms with E-state index in [0.717, 1.165) is 5.56 Å². The van der Waals surface area contributed by atoms with E-state index in [9.17, 15) is 14.7 Å². The first-order valence-electron chi connectivity index (χ1n) is 8.64. The molecule has 1 saturated heterocycles. The topological polar surface area (TPSA) is 60.9 Å². The number of nitrogens with zero attached hydrogens (tertiary/aromatic N) is 2. The highest BCUT2D eigenvalue weighted by atomic mass is 35.5. The van der Waals surface area contributed by atoms with Crippen molar-refractivity contribution in [2.75, 3.05) is 27.2 Å². The van der Waals surface area contributed by atoms with Gasteiger partial charge in [-0.25, -0.2) is 0 Å². The second-order valence-electron chi connectivity index (χ2n) is 6.71. The summed E-state index contributed by atoms with van der Waals surface area (Å²) >= 11 is 5.99. The number of amides is 1. The first-order valence-corrected chi connectivity index (χ1v) is 9.02. The second-order valence-corrected chi connectivity index (χ2v) is 7.15. The molecule has 0 bridgehead atoms. The van der Waals surface area contributed by atoms with Gasteiger partial charge < -0.3 is 14.9 Å². The Kier molecular flexibility index (Phi) is 5.63. The van der Waals surface area contributed by atoms with Gasteiger partial charge in [0.1, 0.15) is 5.76 Å². The van der Waals surface area contributed by atoms with E-state index in [-0.39, 0.29) is 11.3 Å². The van der Waals surface area contributed by atoms with Crippen LogP contribution >= 0.6 is 11.6 Å². The molecule has 1 heterocycles. The molecular formula is C21H21ClN2O3. The van der Waals surface area contributed by atoms with Crippen LogP contribution in [-0.2, 0) is 9.59 Å². The van der Waals surface area contributed by atoms with Gasteiger partial charge in [0, 0.05) is 23.7 Å². The lowest BCUT2D eigenvalue weighted by molar-refractivity contribution is -0.140. The summed E-state index contributed by atoms with van der Waals surface area (Å²) in [6.07, 6.45) is 0. The standard InChI is InChI=1S/C21H21ClN2O3/c1-23(2)12-13-24-18(14-8-10-16(22)11-9-14)17(20(26)21(24)27)19(25)15-6-4-3-5-7-15/h3-11,18,25H,12-13H2,1-2H3. The number of aliphatic hydroxyl groups is 1. The van der Waals surface area contributed by atoms with Crippen LogP contribution in [0.4, 0.5) is 0 Å². The Hall–Kier alpha value is -2.63. The van der Waals surface area contributed by atoms with Crippen LogP contribution in [0.2, 0.25) is 5.02 Å². The zero-order valence-corrected chi connectivity index (χ0v) is 16.0. The normalized spacial score (nSPS) is 19.1. The van der Waals surface area contributed by atoms with Gasteiger partial charge in [0.05, 0.1) is 11.6 Å². The molecule has 2 aromatic carbocycles. The van der Waals surface area contributed by atoms with Crippen LogP contribution in [0.5, 0.6) is 0 Å². The Morgan fingerprint density at radius 3 is 2.30 bits per heavy atom. The second kappa shape index (κ2) is 7.94. The highest BCUT2D eigenvalue weighted by Crippen LogP contribution is 2.39. The van der Waals surface area contributed by atoms with Gasteiger partial charge in [-0.3, -0.25) is 9.59 Å². The number of carbonyl (C=O) groups is 2. The van der Waals surface area contributed by atoms with E-state index >= 15 is 0 Å². The summed E-state index contributed by atoms with van der Waals surface area (Å²) in [6, 6.07) is 15.1. The quantitative estimate of drug-likeness (QED) is 0.488. The van der Waals surface area contributed by atoms with Crippen LogP contribution < -0.4 is 0 Å². The Morgan fingerprint density at radius 2 is 1.70 bits per heavy atom. The molecule has 1 N–H and O–H groups in total. The summed E-state index contributed by atoms with van der Waals surface area (Å²) in [5.74, 6) is -1.44. The minimum absolute atomic E-state index is 0.104. The first-order chi connectivity index (χ1) is 12.9. The zero-order valence-electron chi connectivity index (χ0n) is 15.2. The number of Topliss-reactive ketones (excluding diaryl/α,β-unsaturated/α-hetero) is 1. The molecule has 1 amide bonds. The summed E-state index contributed by atoms with van der Waals surface area (Å²) in [4.78, 5) is 28.9. The smallest absolute Gasteiger partial charge is 0.295 e. The molecule has 0 saturated carbocycles. The molecule has 1 fully saturated rings. The van der Waals surface area contributed by atoms with Crippen LogP contribution in [0.25, 0.3) is 5.76 Å². The monoisotopic (exact) mass is 384 g/mol. The molecule has 0 aromatic heterocycles. The van der Waals surface area contributed by atoms with Gasteiger partial charge in [-0.15, -0.1) is 0 Å². The van der Waals surface area contributed by atoms with Crippen LogP contribution in [0.15, 0.2) is 60.2 Å². The lowest BCUT2D eigenvalue weighted by Crippen LogP contribution is -2.35. The van der Waals surface area contributed by atoms with Crippen molar-refractivity contribution in [3.8, 4) is 0 Å². The Bertz CT molecular complexity index is 876. The Labute approximate surface area is 163 Å². The zero-order chi connectivity index (χ0) is 19.6. The number of hydrogen-bond acceptors (Lipinski definition) is 4. The summed E-state index contributed by atoms with van der Waals surface area (Å²) in [6.45, 7) is 0.971. The highest BCUT2D eigenvalue weighted by Gasteiger charge is 2.45. The number of hydrogen-bond donors (Lipinski definition) is 1. The van der Waals surface area contributed by atoms with Gasteiger partial charge in [-0.1, -0.05) is 54.1 Å². The lowest BCUT2D eigenvalue weighted by atomic mass is 9.95. The van der Waals surface area contributed by atoms with E-state index in [1.54, 1.807) is 48.5 Å². The molecule has 140 valence electrons. The van der Waals surface area contributed by atoms with Gasteiger partial charge in [-0.2, -0.15) is 0 Å². The van der Waals surface area contributed by atoms with E-state index in [4.69, 9.17) is 11.6 Å². The molecule has 1 atom stereocenters. The molecule has 5 nitrogen and oxygen atoms in total. The predicted octanol–water partition coefficient (Wildman–Crippen LogP) is 3.32. The molecule has 27 heavy (non-hydrogen) atoms. The number of ketones is 1. The SMILES string of the molecule is CN(C)CCN1C(=O)C(=O)C(=C(O)c2ccccc2)C1c1ccc(Cl)cc1. The van der Waals surface area contributed by atoms with E-state index < -0.39 is 17.7 Å². The lowest BCUT2D eigenvalue weighted by Gasteiger charge is -2.26. The summed E-state index contributed by atoms with van der Waals surface area (Å²) in [7, 11) is 3.80. The number of benzene rings is 2. The van der Waals surface area contributed by atoms with Crippen molar-refractivity contribution in [1.29, 1.82) is 0 Å². The summed E-state index contributed by atoms with van der Waals surface area (Å²) in [5, 5.41) is 11.4. The molecule has 2 aromatic rings. The number of rotatable bonds is 5. The third-order valence-corrected chi connectivity index (χ3v) is 4.81. The van der Waals surface area contributed by atoms with E-state index in [1.807, 2.05) is 25.1 Å². The van der Waals surface area contributed by atoms with Crippen LogP contribution in [0, 0.1) is 0 Å². The van der Waals surface area contributed by atoms with Gasteiger partial charge in [-0.05, 0) is 31.8 Å². The number of likely N-dealkylation sites (N-methyl/N-ethyl adjacent to an activating group) is 1. The largest absolute Gasteiger partial charge is 0.507 e. The van der Waals surface area contributed by atoms with E-state index in [1.165, 1.54) is 4.90 Å². The number of likely N-dealkylation sites (tertiary alicyclic amines) is 1. The maximum absolute atomic E-state index is 12.8. The maximum atomic E-state index is 12.8. The molecule has 1 unspecified atom stereocenters. The number of aliphatic hydroxyl groups excluding tert-OH is 1. The Morgan fingerprint density at radius 1 is 1.07 bits per heavy atom. The van der Waals surface area contributed by atoms with Crippen molar-refractivity contribution in [2.45, 2.75) is 6.04 Å². The van der Waals surface area contributed by atoms with Crippen molar-refractivity contribution in [1.82, 2.24) is 9.80 Å². The van der Waals surface area contributed by atoms with E-state index in [0.29, 0.717) is 23.7 Å². The number of carbonyl (C=O) groups excluding carboxylic acids is 2. The molecule has 1 aliphatic rings. The summed E-state index contributed by atoms with van der Waals surface area (Å²) in [5.41, 5.74) is 1.34. The van der Waals surface area contributed by atoms with Gasteiger partial charge >= 0.3 is 0 Å². The fourth-order valence-electron chi connectivity index (χ4n) is 3.16. The van der Waals surface area contributed by atoms with Gasteiger partial charge in [0.15, 0.2) is 0 Å². The van der Waals surface area contributed by atoms with Gasteiger partial charge in [0.25, 0.3) is 11.7 Å². The highest BCUT2D eigenvalue weighted by molar-refractivity contribution is 6.46. The number of halogens is 1. The average Bonchev–Trinajstić information content (AvgIpc) is 2.91. The van der Waals surface area contributed by atoms with Gasteiger partial charge in [0.2, 0.25) is 0 Å².